The summed E-state index contributed by atoms with van der Waals surface area (Å²) in [6, 6.07) is 5.38. The molecule has 1 amide bonds. The number of carbonyl (C=O) groups is 1. The Morgan fingerprint density at radius 2 is 2.11 bits per heavy atom. The standard InChI is InChI=1S/C14H18N2O3/c1-9-4-11(15)7-16(6-9)14(17)10-2-3-12-13(5-10)19-8-18-12/h2-3,5,9,11H,4,6-8,15H2,1H3. The number of hydrogen-bond donors (Lipinski definition) is 1. The molecule has 2 unspecified atom stereocenters. The average Bonchev–Trinajstić information content (AvgIpc) is 2.83. The van der Waals surface area contributed by atoms with Gasteiger partial charge in [0.25, 0.3) is 5.91 Å². The van der Waals surface area contributed by atoms with Gasteiger partial charge in [0, 0.05) is 24.7 Å². The number of amides is 1. The van der Waals surface area contributed by atoms with Crippen LogP contribution in [0.25, 0.3) is 0 Å². The van der Waals surface area contributed by atoms with Gasteiger partial charge in [0.15, 0.2) is 11.5 Å². The van der Waals surface area contributed by atoms with Crippen LogP contribution >= 0.6 is 0 Å². The number of carbonyl (C=O) groups excluding carboxylic acids is 1. The van der Waals surface area contributed by atoms with Gasteiger partial charge in [-0.3, -0.25) is 4.79 Å². The van der Waals surface area contributed by atoms with E-state index in [1.165, 1.54) is 0 Å². The molecule has 0 bridgehead atoms. The molecule has 2 heterocycles. The van der Waals surface area contributed by atoms with Crippen molar-refractivity contribution in [3.05, 3.63) is 23.8 Å². The monoisotopic (exact) mass is 262 g/mol. The van der Waals surface area contributed by atoms with Crippen molar-refractivity contribution in [3.63, 3.8) is 0 Å². The van der Waals surface area contributed by atoms with Gasteiger partial charge < -0.3 is 20.1 Å². The van der Waals surface area contributed by atoms with Crippen LogP contribution in [0.1, 0.15) is 23.7 Å². The second-order valence-electron chi connectivity index (χ2n) is 5.38. The number of benzene rings is 1. The van der Waals surface area contributed by atoms with Gasteiger partial charge in [-0.1, -0.05) is 6.92 Å². The summed E-state index contributed by atoms with van der Waals surface area (Å²) in [6.07, 6.45) is 0.977. The van der Waals surface area contributed by atoms with Gasteiger partial charge in [-0.2, -0.15) is 0 Å². The molecule has 0 radical (unpaired) electrons. The first-order chi connectivity index (χ1) is 9.13. The van der Waals surface area contributed by atoms with E-state index in [0.717, 1.165) is 13.0 Å². The van der Waals surface area contributed by atoms with Crippen molar-refractivity contribution in [3.8, 4) is 11.5 Å². The van der Waals surface area contributed by atoms with Crippen LogP contribution in [0, 0.1) is 5.92 Å². The van der Waals surface area contributed by atoms with Gasteiger partial charge in [0.05, 0.1) is 0 Å². The normalized spacial score (nSPS) is 25.5. The predicted molar refractivity (Wildman–Crippen MR) is 70.2 cm³/mol. The van der Waals surface area contributed by atoms with Gasteiger partial charge in [0.2, 0.25) is 6.79 Å². The van der Waals surface area contributed by atoms with E-state index in [-0.39, 0.29) is 18.7 Å². The van der Waals surface area contributed by atoms with Crippen LogP contribution in [-0.4, -0.2) is 36.7 Å². The number of nitrogens with two attached hydrogens (primary N) is 1. The van der Waals surface area contributed by atoms with Crippen molar-refractivity contribution in [2.45, 2.75) is 19.4 Å². The van der Waals surface area contributed by atoms with Crippen LogP contribution in [-0.2, 0) is 0 Å². The lowest BCUT2D eigenvalue weighted by molar-refractivity contribution is 0.0660. The first kappa shape index (κ1) is 12.3. The molecule has 3 rings (SSSR count). The number of hydrogen-bond acceptors (Lipinski definition) is 4. The maximum absolute atomic E-state index is 12.5. The van der Waals surface area contributed by atoms with E-state index in [4.69, 9.17) is 15.2 Å². The van der Waals surface area contributed by atoms with Crippen molar-refractivity contribution in [1.82, 2.24) is 4.90 Å². The molecule has 2 atom stereocenters. The summed E-state index contributed by atoms with van der Waals surface area (Å²) < 4.78 is 10.5. The second-order valence-corrected chi connectivity index (χ2v) is 5.38. The Labute approximate surface area is 112 Å². The van der Waals surface area contributed by atoms with Gasteiger partial charge >= 0.3 is 0 Å². The molecule has 1 aromatic rings. The third-order valence-corrected chi connectivity index (χ3v) is 3.60. The third-order valence-electron chi connectivity index (χ3n) is 3.60. The van der Waals surface area contributed by atoms with Crippen molar-refractivity contribution in [2.24, 2.45) is 11.7 Å². The molecule has 2 aliphatic heterocycles. The molecule has 2 aliphatic rings. The van der Waals surface area contributed by atoms with Crippen LogP contribution in [0.5, 0.6) is 11.5 Å². The maximum Gasteiger partial charge on any atom is 0.254 e. The summed E-state index contributed by atoms with van der Waals surface area (Å²) in [5.74, 6) is 1.79. The molecular formula is C14H18N2O3. The zero-order valence-corrected chi connectivity index (χ0v) is 11.0. The number of ether oxygens (including phenoxy) is 2. The molecule has 102 valence electrons. The second kappa shape index (κ2) is 4.74. The minimum Gasteiger partial charge on any atom is -0.454 e. The SMILES string of the molecule is CC1CC(N)CN(C(=O)c2ccc3c(c2)OCO3)C1. The number of rotatable bonds is 1. The first-order valence-electron chi connectivity index (χ1n) is 6.58. The fourth-order valence-corrected chi connectivity index (χ4v) is 2.78. The molecule has 0 saturated carbocycles. The van der Waals surface area contributed by atoms with E-state index in [1.807, 2.05) is 4.90 Å². The summed E-state index contributed by atoms with van der Waals surface area (Å²) >= 11 is 0. The van der Waals surface area contributed by atoms with Gasteiger partial charge in [0.1, 0.15) is 0 Å². The molecular weight excluding hydrogens is 244 g/mol. The highest BCUT2D eigenvalue weighted by atomic mass is 16.7. The van der Waals surface area contributed by atoms with Crippen LogP contribution in [0.2, 0.25) is 0 Å². The Morgan fingerprint density at radius 3 is 2.89 bits per heavy atom. The van der Waals surface area contributed by atoms with Crippen LogP contribution in [0.15, 0.2) is 18.2 Å². The minimum atomic E-state index is 0.0142. The summed E-state index contributed by atoms with van der Waals surface area (Å²) in [7, 11) is 0. The highest BCUT2D eigenvalue weighted by Crippen LogP contribution is 2.33. The zero-order chi connectivity index (χ0) is 13.4. The van der Waals surface area contributed by atoms with Crippen molar-refractivity contribution in [1.29, 1.82) is 0 Å². The lowest BCUT2D eigenvalue weighted by atomic mass is 9.96. The number of likely N-dealkylation sites (tertiary alicyclic amines) is 1. The van der Waals surface area contributed by atoms with Crippen molar-refractivity contribution >= 4 is 5.91 Å². The van der Waals surface area contributed by atoms with Crippen LogP contribution < -0.4 is 15.2 Å². The Balaban J connectivity index is 1.80. The van der Waals surface area contributed by atoms with E-state index in [1.54, 1.807) is 18.2 Å². The van der Waals surface area contributed by atoms with E-state index in [2.05, 4.69) is 6.92 Å². The highest BCUT2D eigenvalue weighted by molar-refractivity contribution is 5.95. The Morgan fingerprint density at radius 1 is 1.32 bits per heavy atom. The third kappa shape index (κ3) is 2.38. The van der Waals surface area contributed by atoms with Crippen LogP contribution in [0.3, 0.4) is 0 Å². The Hall–Kier alpha value is -1.75. The smallest absolute Gasteiger partial charge is 0.254 e. The number of nitrogens with zero attached hydrogens (tertiary/aromatic N) is 1. The lowest BCUT2D eigenvalue weighted by Crippen LogP contribution is -2.48. The van der Waals surface area contributed by atoms with E-state index >= 15 is 0 Å². The maximum atomic E-state index is 12.5. The summed E-state index contributed by atoms with van der Waals surface area (Å²) in [6.45, 7) is 3.73. The van der Waals surface area contributed by atoms with E-state index in [0.29, 0.717) is 29.5 Å². The fourth-order valence-electron chi connectivity index (χ4n) is 2.78. The molecule has 1 saturated heterocycles. The fraction of sp³-hybridized carbons (Fsp3) is 0.500. The Kier molecular flexibility index (Phi) is 3.06. The number of piperidine rings is 1. The summed E-state index contributed by atoms with van der Waals surface area (Å²) in [4.78, 5) is 14.3. The minimum absolute atomic E-state index is 0.0142. The molecule has 0 aliphatic carbocycles. The molecule has 19 heavy (non-hydrogen) atoms. The molecule has 0 aromatic heterocycles. The highest BCUT2D eigenvalue weighted by Gasteiger charge is 2.27. The van der Waals surface area contributed by atoms with Crippen LogP contribution in [0.4, 0.5) is 0 Å². The molecule has 1 aromatic carbocycles. The summed E-state index contributed by atoms with van der Waals surface area (Å²) in [5, 5.41) is 0. The predicted octanol–water partition coefficient (Wildman–Crippen LogP) is 1.22. The lowest BCUT2D eigenvalue weighted by Gasteiger charge is -2.34. The topological polar surface area (TPSA) is 64.8 Å². The number of fused-ring (bicyclic) bond motifs is 1. The van der Waals surface area contributed by atoms with Crippen molar-refractivity contribution in [2.75, 3.05) is 19.9 Å². The molecule has 0 spiro atoms. The van der Waals surface area contributed by atoms with Gasteiger partial charge in [-0.25, -0.2) is 0 Å². The van der Waals surface area contributed by atoms with Crippen molar-refractivity contribution < 1.29 is 14.3 Å². The molecule has 5 nitrogen and oxygen atoms in total. The van der Waals surface area contributed by atoms with Gasteiger partial charge in [-0.05, 0) is 30.5 Å². The van der Waals surface area contributed by atoms with E-state index in [9.17, 15) is 4.79 Å². The zero-order valence-electron chi connectivity index (χ0n) is 11.0. The average molecular weight is 262 g/mol. The Bertz CT molecular complexity index is 493. The molecule has 5 heteroatoms. The van der Waals surface area contributed by atoms with E-state index < -0.39 is 0 Å². The molecule has 2 N–H and O–H groups in total. The van der Waals surface area contributed by atoms with Gasteiger partial charge in [-0.15, -0.1) is 0 Å². The largest absolute Gasteiger partial charge is 0.454 e. The molecule has 1 fully saturated rings. The quantitative estimate of drug-likeness (QED) is 0.826. The first-order valence-corrected chi connectivity index (χ1v) is 6.58. The summed E-state index contributed by atoms with van der Waals surface area (Å²) in [5.41, 5.74) is 6.61.